The number of nitrogens with zero attached hydrogens (tertiary/aromatic N) is 3. The second-order valence-corrected chi connectivity index (χ2v) is 8.39. The first-order valence-corrected chi connectivity index (χ1v) is 10.6. The number of aryl methyl sites for hydroxylation is 1. The van der Waals surface area contributed by atoms with Crippen molar-refractivity contribution in [1.82, 2.24) is 14.7 Å². The van der Waals surface area contributed by atoms with Crippen LogP contribution in [-0.2, 0) is 4.74 Å². The highest BCUT2D eigenvalue weighted by Crippen LogP contribution is 2.24. The monoisotopic (exact) mass is 498 g/mol. The summed E-state index contributed by atoms with van der Waals surface area (Å²) in [6.45, 7) is 9.17. The number of morpholine rings is 1. The predicted octanol–water partition coefficient (Wildman–Crippen LogP) is 3.53. The summed E-state index contributed by atoms with van der Waals surface area (Å²) in [6.07, 6.45) is 0.979. The molecule has 0 amide bonds. The van der Waals surface area contributed by atoms with Crippen molar-refractivity contribution in [1.29, 1.82) is 0 Å². The van der Waals surface area contributed by atoms with E-state index in [-0.39, 0.29) is 5.56 Å². The molecule has 1 aliphatic heterocycles. The van der Waals surface area contributed by atoms with Crippen LogP contribution in [0.5, 0.6) is 0 Å². The van der Waals surface area contributed by atoms with Crippen LogP contribution in [0.25, 0.3) is 5.69 Å². The summed E-state index contributed by atoms with van der Waals surface area (Å²) in [6, 6.07) is 5.73. The fourth-order valence-electron chi connectivity index (χ4n) is 3.25. The summed E-state index contributed by atoms with van der Waals surface area (Å²) in [4.78, 5) is 20.0. The number of aromatic nitrogens is 2. The number of aliphatic imine (C=N–C) groups is 1. The van der Waals surface area contributed by atoms with Crippen LogP contribution in [-0.4, -0.2) is 59.8 Å². The summed E-state index contributed by atoms with van der Waals surface area (Å²) >= 11 is 6.96. The molecule has 0 atom stereocenters. The van der Waals surface area contributed by atoms with Gasteiger partial charge in [-0.05, 0) is 54.4 Å². The molecule has 2 aromatic rings. The molecule has 0 aliphatic carbocycles. The molecule has 8 heteroatoms. The Morgan fingerprint density at radius 2 is 2.04 bits per heavy atom. The maximum Gasteiger partial charge on any atom is 0.280 e. The first kappa shape index (κ1) is 20.5. The molecule has 3 rings (SSSR count). The molecular weight excluding hydrogens is 476 g/mol. The molecule has 0 bridgehead atoms. The van der Waals surface area contributed by atoms with Crippen molar-refractivity contribution in [2.24, 2.45) is 4.99 Å². The van der Waals surface area contributed by atoms with Gasteiger partial charge in [-0.15, -0.1) is 0 Å². The fraction of sp³-hybridized carbons (Fsp3) is 0.474. The lowest BCUT2D eigenvalue weighted by molar-refractivity contribution is 0.0377. The van der Waals surface area contributed by atoms with Gasteiger partial charge < -0.3 is 4.74 Å². The normalized spacial score (nSPS) is 16.1. The third-order valence-corrected chi connectivity index (χ3v) is 5.80. The molecule has 6 nitrogen and oxygen atoms in total. The molecular formula is C19H24Br2N4O2. The Hall–Kier alpha value is -1.22. The summed E-state index contributed by atoms with van der Waals surface area (Å²) in [5.41, 5.74) is 2.95. The summed E-state index contributed by atoms with van der Waals surface area (Å²) in [7, 11) is 0. The molecule has 1 aliphatic rings. The zero-order chi connectivity index (χ0) is 19.4. The van der Waals surface area contributed by atoms with E-state index in [9.17, 15) is 4.79 Å². The lowest BCUT2D eigenvalue weighted by atomic mass is 10.2. The number of hydrogen-bond donors (Lipinski definition) is 1. The molecule has 0 saturated carbocycles. The minimum Gasteiger partial charge on any atom is -0.379 e. The molecule has 0 unspecified atom stereocenters. The number of benzene rings is 1. The van der Waals surface area contributed by atoms with Crippen LogP contribution in [0.15, 0.2) is 36.9 Å². The van der Waals surface area contributed by atoms with E-state index in [0.717, 1.165) is 71.9 Å². The second-order valence-electron chi connectivity index (χ2n) is 6.62. The largest absolute Gasteiger partial charge is 0.379 e. The molecule has 27 heavy (non-hydrogen) atoms. The van der Waals surface area contributed by atoms with Gasteiger partial charge in [0, 0.05) is 46.5 Å². The lowest BCUT2D eigenvalue weighted by Gasteiger charge is -2.26. The highest BCUT2D eigenvalue weighted by atomic mass is 79.9. The van der Waals surface area contributed by atoms with E-state index < -0.39 is 0 Å². The van der Waals surface area contributed by atoms with Crippen molar-refractivity contribution < 1.29 is 4.74 Å². The second kappa shape index (κ2) is 9.32. The van der Waals surface area contributed by atoms with Gasteiger partial charge in [-0.3, -0.25) is 19.8 Å². The molecule has 1 N–H and O–H groups in total. The summed E-state index contributed by atoms with van der Waals surface area (Å²) < 4.78 is 8.72. The van der Waals surface area contributed by atoms with Crippen LogP contribution in [0.1, 0.15) is 24.6 Å². The van der Waals surface area contributed by atoms with E-state index in [1.54, 1.807) is 4.68 Å². The van der Waals surface area contributed by atoms with Gasteiger partial charge in [0.2, 0.25) is 0 Å². The van der Waals surface area contributed by atoms with E-state index in [1.165, 1.54) is 0 Å². The minimum atomic E-state index is -0.0787. The van der Waals surface area contributed by atoms with Crippen LogP contribution in [0, 0.1) is 6.92 Å². The average molecular weight is 500 g/mol. The minimum absolute atomic E-state index is 0.0787. The molecule has 1 aromatic heterocycles. The molecule has 0 radical (unpaired) electrons. The first-order chi connectivity index (χ1) is 13.0. The molecule has 1 saturated heterocycles. The van der Waals surface area contributed by atoms with Gasteiger partial charge in [-0.1, -0.05) is 15.9 Å². The van der Waals surface area contributed by atoms with Gasteiger partial charge in [0.1, 0.15) is 0 Å². The van der Waals surface area contributed by atoms with Gasteiger partial charge in [0.15, 0.2) is 0 Å². The zero-order valence-corrected chi connectivity index (χ0v) is 18.8. The number of aromatic amines is 1. The first-order valence-electron chi connectivity index (χ1n) is 9.06. The third kappa shape index (κ3) is 4.99. The Morgan fingerprint density at radius 3 is 2.74 bits per heavy atom. The maximum absolute atomic E-state index is 12.9. The van der Waals surface area contributed by atoms with Crippen molar-refractivity contribution in [2.75, 3.05) is 39.4 Å². The van der Waals surface area contributed by atoms with Crippen LogP contribution in [0.4, 0.5) is 0 Å². The van der Waals surface area contributed by atoms with E-state index in [4.69, 9.17) is 4.74 Å². The van der Waals surface area contributed by atoms with Gasteiger partial charge in [-0.2, -0.15) is 0 Å². The number of H-pyrrole nitrogens is 1. The van der Waals surface area contributed by atoms with Crippen LogP contribution in [0.3, 0.4) is 0 Å². The van der Waals surface area contributed by atoms with E-state index >= 15 is 0 Å². The Kier molecular flexibility index (Phi) is 7.08. The predicted molar refractivity (Wildman–Crippen MR) is 115 cm³/mol. The Labute approximate surface area is 175 Å². The standard InChI is InChI=1S/C19H24Br2N4O2/c1-13(22-6-3-7-24-8-10-27-11-9-24)18-14(2)23-25(19(18)26)17-5-4-15(20)12-16(17)21/h4-5,12,23H,3,6-11H2,1-2H3. The van der Waals surface area contributed by atoms with Crippen molar-refractivity contribution in [2.45, 2.75) is 20.3 Å². The maximum atomic E-state index is 12.9. The van der Waals surface area contributed by atoms with Crippen molar-refractivity contribution in [3.63, 3.8) is 0 Å². The number of halogens is 2. The van der Waals surface area contributed by atoms with Crippen LogP contribution >= 0.6 is 31.9 Å². The zero-order valence-electron chi connectivity index (χ0n) is 15.6. The highest BCUT2D eigenvalue weighted by Gasteiger charge is 2.16. The Bertz CT molecular complexity index is 882. The van der Waals surface area contributed by atoms with Gasteiger partial charge in [-0.25, -0.2) is 4.68 Å². The topological polar surface area (TPSA) is 62.6 Å². The smallest absolute Gasteiger partial charge is 0.280 e. The average Bonchev–Trinajstić information content (AvgIpc) is 2.94. The highest BCUT2D eigenvalue weighted by molar-refractivity contribution is 9.11. The molecule has 1 aromatic carbocycles. The quantitative estimate of drug-likeness (QED) is 0.488. The lowest BCUT2D eigenvalue weighted by Crippen LogP contribution is -2.37. The Morgan fingerprint density at radius 1 is 1.30 bits per heavy atom. The van der Waals surface area contributed by atoms with Crippen molar-refractivity contribution in [3.05, 3.63) is 48.8 Å². The van der Waals surface area contributed by atoms with Gasteiger partial charge in [0.05, 0.1) is 24.5 Å². The summed E-state index contributed by atoms with van der Waals surface area (Å²) in [5.74, 6) is 0. The Balaban J connectivity index is 1.72. The van der Waals surface area contributed by atoms with Crippen molar-refractivity contribution in [3.8, 4) is 5.69 Å². The third-order valence-electron chi connectivity index (χ3n) is 4.67. The van der Waals surface area contributed by atoms with E-state index in [1.807, 2.05) is 32.0 Å². The summed E-state index contributed by atoms with van der Waals surface area (Å²) in [5, 5.41) is 3.17. The molecule has 1 fully saturated rings. The van der Waals surface area contributed by atoms with Crippen molar-refractivity contribution >= 4 is 37.6 Å². The van der Waals surface area contributed by atoms with Crippen LogP contribution < -0.4 is 5.56 Å². The van der Waals surface area contributed by atoms with Gasteiger partial charge >= 0.3 is 0 Å². The van der Waals surface area contributed by atoms with Crippen LogP contribution in [0.2, 0.25) is 0 Å². The number of nitrogens with one attached hydrogen (secondary N) is 1. The molecule has 2 heterocycles. The number of ether oxygens (including phenoxy) is 1. The molecule has 0 spiro atoms. The van der Waals surface area contributed by atoms with E-state index in [0.29, 0.717) is 5.56 Å². The number of rotatable bonds is 6. The van der Waals surface area contributed by atoms with Gasteiger partial charge in [0.25, 0.3) is 5.56 Å². The van der Waals surface area contributed by atoms with E-state index in [2.05, 4.69) is 46.9 Å². The molecule has 146 valence electrons. The SMILES string of the molecule is CC(=NCCCN1CCOCC1)c1c(C)[nH]n(-c2ccc(Br)cc2Br)c1=O. The fourth-order valence-corrected chi connectivity index (χ4v) is 4.47. The number of hydrogen-bond acceptors (Lipinski definition) is 4.